The summed E-state index contributed by atoms with van der Waals surface area (Å²) in [5.74, 6) is 8.88. The fourth-order valence-electron chi connectivity index (χ4n) is 1.42. The van der Waals surface area contributed by atoms with Crippen molar-refractivity contribution in [1.82, 2.24) is 20.4 Å². The van der Waals surface area contributed by atoms with E-state index in [4.69, 9.17) is 11.7 Å². The zero-order chi connectivity index (χ0) is 12.4. The summed E-state index contributed by atoms with van der Waals surface area (Å²) in [6, 6.07) is 3.10. The van der Waals surface area contributed by atoms with E-state index in [-0.39, 0.29) is 11.1 Å². The molecule has 0 radical (unpaired) electrons. The molecule has 0 aliphatic heterocycles. The van der Waals surface area contributed by atoms with Crippen LogP contribution in [-0.4, -0.2) is 21.4 Å². The van der Waals surface area contributed by atoms with Crippen molar-refractivity contribution in [2.75, 3.05) is 0 Å². The molecule has 9 heteroatoms. The molecule has 2 aromatic rings. The average molecular weight is 252 g/mol. The molecule has 0 fully saturated rings. The van der Waals surface area contributed by atoms with E-state index in [1.165, 1.54) is 6.07 Å². The molecule has 0 atom stereocenters. The topological polar surface area (TPSA) is 136 Å². The average Bonchev–Trinajstić information content (AvgIpc) is 2.83. The van der Waals surface area contributed by atoms with Crippen LogP contribution in [0.5, 0.6) is 0 Å². The summed E-state index contributed by atoms with van der Waals surface area (Å²) in [5, 5.41) is 3.80. The van der Waals surface area contributed by atoms with Crippen molar-refractivity contribution in [1.29, 1.82) is 0 Å². The molecule has 88 valence electrons. The number of carbonyl (C=O) groups is 2. The third-order valence-electron chi connectivity index (χ3n) is 2.15. The SMILES string of the molecule is NNC(=O)c1ccc2snnc2c1C(=O)NN. The fourth-order valence-corrected chi connectivity index (χ4v) is 1.99. The maximum Gasteiger partial charge on any atom is 0.268 e. The number of hydrazine groups is 2. The number of benzene rings is 1. The van der Waals surface area contributed by atoms with Crippen LogP contribution in [0.1, 0.15) is 20.7 Å². The molecule has 0 saturated heterocycles. The Bertz CT molecular complexity index is 595. The molecule has 0 unspecified atom stereocenters. The monoisotopic (exact) mass is 252 g/mol. The van der Waals surface area contributed by atoms with Gasteiger partial charge in [0.25, 0.3) is 11.8 Å². The first-order valence-corrected chi connectivity index (χ1v) is 5.23. The van der Waals surface area contributed by atoms with Gasteiger partial charge in [0, 0.05) is 0 Å². The standard InChI is InChI=1S/C8H8N6O2S/c9-11-7(15)3-1-2-4-6(13-14-17-4)5(3)8(16)12-10/h1-2H,9-10H2,(H,11,15)(H,12,16). The van der Waals surface area contributed by atoms with Crippen molar-refractivity contribution in [2.24, 2.45) is 11.7 Å². The second-order valence-electron chi connectivity index (χ2n) is 3.05. The van der Waals surface area contributed by atoms with Crippen LogP contribution in [-0.2, 0) is 0 Å². The Morgan fingerprint density at radius 2 is 1.88 bits per heavy atom. The molecule has 0 bridgehead atoms. The fraction of sp³-hybridized carbons (Fsp3) is 0. The predicted molar refractivity (Wildman–Crippen MR) is 60.7 cm³/mol. The zero-order valence-electron chi connectivity index (χ0n) is 8.43. The van der Waals surface area contributed by atoms with E-state index in [0.717, 1.165) is 11.5 Å². The summed E-state index contributed by atoms with van der Waals surface area (Å²) >= 11 is 1.11. The van der Waals surface area contributed by atoms with Crippen molar-refractivity contribution in [3.63, 3.8) is 0 Å². The van der Waals surface area contributed by atoms with E-state index in [1.807, 2.05) is 10.9 Å². The van der Waals surface area contributed by atoms with Crippen LogP contribution in [0.2, 0.25) is 0 Å². The molecule has 0 saturated carbocycles. The normalized spacial score (nSPS) is 10.2. The van der Waals surface area contributed by atoms with E-state index < -0.39 is 11.8 Å². The highest BCUT2D eigenvalue weighted by atomic mass is 32.1. The zero-order valence-corrected chi connectivity index (χ0v) is 9.25. The summed E-state index contributed by atoms with van der Waals surface area (Å²) in [4.78, 5) is 23.2. The molecular weight excluding hydrogens is 244 g/mol. The Balaban J connectivity index is 2.74. The van der Waals surface area contributed by atoms with Crippen LogP contribution in [0, 0.1) is 0 Å². The van der Waals surface area contributed by atoms with Gasteiger partial charge in [0.2, 0.25) is 0 Å². The minimum absolute atomic E-state index is 0.0571. The number of hydrogen-bond donors (Lipinski definition) is 4. The van der Waals surface area contributed by atoms with Gasteiger partial charge in [0.1, 0.15) is 5.52 Å². The Labute approximate surface area is 99.1 Å². The molecule has 2 amide bonds. The number of fused-ring (bicyclic) bond motifs is 1. The van der Waals surface area contributed by atoms with Crippen LogP contribution in [0.4, 0.5) is 0 Å². The van der Waals surface area contributed by atoms with Gasteiger partial charge in [-0.3, -0.25) is 20.4 Å². The molecule has 8 nitrogen and oxygen atoms in total. The van der Waals surface area contributed by atoms with E-state index in [0.29, 0.717) is 10.2 Å². The van der Waals surface area contributed by atoms with Gasteiger partial charge in [-0.05, 0) is 23.7 Å². The van der Waals surface area contributed by atoms with Crippen molar-refractivity contribution in [3.05, 3.63) is 23.3 Å². The number of aromatic nitrogens is 2. The van der Waals surface area contributed by atoms with Crippen LogP contribution < -0.4 is 22.5 Å². The highest BCUT2D eigenvalue weighted by molar-refractivity contribution is 7.13. The largest absolute Gasteiger partial charge is 0.290 e. The van der Waals surface area contributed by atoms with Gasteiger partial charge in [-0.1, -0.05) is 4.49 Å². The first kappa shape index (κ1) is 11.4. The lowest BCUT2D eigenvalue weighted by Gasteiger charge is -2.06. The number of rotatable bonds is 2. The number of hydrogen-bond acceptors (Lipinski definition) is 7. The summed E-state index contributed by atoms with van der Waals surface area (Å²) in [6.07, 6.45) is 0. The Morgan fingerprint density at radius 1 is 1.18 bits per heavy atom. The third-order valence-corrected chi connectivity index (χ3v) is 2.84. The Kier molecular flexibility index (Phi) is 2.95. The van der Waals surface area contributed by atoms with Crippen LogP contribution in [0.3, 0.4) is 0 Å². The maximum atomic E-state index is 11.6. The first-order chi connectivity index (χ1) is 8.19. The van der Waals surface area contributed by atoms with Crippen LogP contribution in [0.25, 0.3) is 10.2 Å². The van der Waals surface area contributed by atoms with Crippen LogP contribution in [0.15, 0.2) is 12.1 Å². The number of nitrogen functional groups attached to an aromatic ring is 2. The van der Waals surface area contributed by atoms with Crippen molar-refractivity contribution in [2.45, 2.75) is 0 Å². The van der Waals surface area contributed by atoms with Gasteiger partial charge in [0.05, 0.1) is 15.8 Å². The van der Waals surface area contributed by atoms with Crippen LogP contribution >= 0.6 is 11.5 Å². The van der Waals surface area contributed by atoms with Gasteiger partial charge >= 0.3 is 0 Å². The molecule has 0 spiro atoms. The van der Waals surface area contributed by atoms with Crippen molar-refractivity contribution in [3.8, 4) is 0 Å². The number of nitrogens with one attached hydrogen (secondary N) is 2. The molecular formula is C8H8N6O2S. The lowest BCUT2D eigenvalue weighted by molar-refractivity contribution is 0.0921. The summed E-state index contributed by atoms with van der Waals surface area (Å²) in [6.45, 7) is 0. The predicted octanol–water partition coefficient (Wildman–Crippen LogP) is -1.10. The summed E-state index contributed by atoms with van der Waals surface area (Å²) in [7, 11) is 0. The third kappa shape index (κ3) is 1.82. The van der Waals surface area contributed by atoms with E-state index in [2.05, 4.69) is 9.59 Å². The minimum atomic E-state index is -0.623. The van der Waals surface area contributed by atoms with Crippen molar-refractivity contribution < 1.29 is 9.59 Å². The lowest BCUT2D eigenvalue weighted by atomic mass is 10.1. The quantitative estimate of drug-likeness (QED) is 0.304. The number of nitrogens with two attached hydrogens (primary N) is 2. The molecule has 2 rings (SSSR count). The van der Waals surface area contributed by atoms with E-state index >= 15 is 0 Å². The van der Waals surface area contributed by atoms with E-state index in [9.17, 15) is 9.59 Å². The van der Waals surface area contributed by atoms with Gasteiger partial charge in [-0.15, -0.1) is 5.10 Å². The second kappa shape index (κ2) is 4.41. The van der Waals surface area contributed by atoms with Gasteiger partial charge in [-0.25, -0.2) is 11.7 Å². The molecule has 1 heterocycles. The number of nitrogens with zero attached hydrogens (tertiary/aromatic N) is 2. The summed E-state index contributed by atoms with van der Waals surface area (Å²) < 4.78 is 4.39. The molecule has 6 N–H and O–H groups in total. The Hall–Kier alpha value is -2.10. The van der Waals surface area contributed by atoms with E-state index in [1.54, 1.807) is 6.07 Å². The minimum Gasteiger partial charge on any atom is -0.290 e. The molecule has 0 aliphatic rings. The second-order valence-corrected chi connectivity index (χ2v) is 3.84. The van der Waals surface area contributed by atoms with Crippen molar-refractivity contribution >= 4 is 33.6 Å². The molecule has 1 aromatic heterocycles. The Morgan fingerprint density at radius 3 is 2.53 bits per heavy atom. The number of carbonyl (C=O) groups excluding carboxylic acids is 2. The molecule has 0 aliphatic carbocycles. The highest BCUT2D eigenvalue weighted by Gasteiger charge is 2.21. The lowest BCUT2D eigenvalue weighted by Crippen LogP contribution is -2.35. The van der Waals surface area contributed by atoms with Gasteiger partial charge < -0.3 is 0 Å². The molecule has 17 heavy (non-hydrogen) atoms. The molecule has 1 aromatic carbocycles. The summed E-state index contributed by atoms with van der Waals surface area (Å²) in [5.41, 5.74) is 4.38. The first-order valence-electron chi connectivity index (χ1n) is 4.46. The highest BCUT2D eigenvalue weighted by Crippen LogP contribution is 2.23. The van der Waals surface area contributed by atoms with Gasteiger partial charge in [-0.2, -0.15) is 0 Å². The number of amides is 2. The smallest absolute Gasteiger partial charge is 0.268 e. The van der Waals surface area contributed by atoms with Gasteiger partial charge in [0.15, 0.2) is 0 Å². The maximum absolute atomic E-state index is 11.6.